The zero-order chi connectivity index (χ0) is 19.3. The Balaban J connectivity index is 1.59. The van der Waals surface area contributed by atoms with Crippen LogP contribution < -0.4 is 19.7 Å². The molecule has 1 spiro atoms. The molecular weight excluding hydrogens is 356 g/mol. The minimum atomic E-state index is -0.894. The summed E-state index contributed by atoms with van der Waals surface area (Å²) in [6, 6.07) is 11.7. The van der Waals surface area contributed by atoms with Crippen molar-refractivity contribution in [2.24, 2.45) is 0 Å². The summed E-state index contributed by atoms with van der Waals surface area (Å²) in [6.07, 6.45) is 1.69. The van der Waals surface area contributed by atoms with Gasteiger partial charge in [0.1, 0.15) is 30.1 Å². The highest BCUT2D eigenvalue weighted by Gasteiger charge is 2.57. The summed E-state index contributed by atoms with van der Waals surface area (Å²) in [7, 11) is 0. The molecule has 2 aromatic rings. The first-order valence-corrected chi connectivity index (χ1v) is 9.76. The highest BCUT2D eigenvalue weighted by molar-refractivity contribution is 6.13. The van der Waals surface area contributed by atoms with E-state index in [0.29, 0.717) is 18.9 Å². The van der Waals surface area contributed by atoms with Crippen LogP contribution in [0.1, 0.15) is 30.0 Å². The highest BCUT2D eigenvalue weighted by atomic mass is 16.5. The fraction of sp³-hybridized carbons (Fsp3) is 0.364. The minimum absolute atomic E-state index is 0.0149. The molecule has 2 aromatic carbocycles. The third kappa shape index (κ3) is 2.27. The topological polar surface area (TPSA) is 67.9 Å². The molecule has 1 unspecified atom stereocenters. The largest absolute Gasteiger partial charge is 0.493 e. The lowest BCUT2D eigenvalue weighted by atomic mass is 9.76. The molecule has 0 aliphatic carbocycles. The van der Waals surface area contributed by atoms with Gasteiger partial charge < -0.3 is 19.7 Å². The number of para-hydroxylation sites is 1. The van der Waals surface area contributed by atoms with E-state index in [-0.39, 0.29) is 25.0 Å². The van der Waals surface area contributed by atoms with Crippen LogP contribution >= 0.6 is 0 Å². The molecule has 1 N–H and O–H groups in total. The number of anilines is 1. The monoisotopic (exact) mass is 378 g/mol. The van der Waals surface area contributed by atoms with Crippen LogP contribution in [0.15, 0.2) is 36.4 Å². The molecular formula is C22H22N2O4. The van der Waals surface area contributed by atoms with Crippen LogP contribution in [0.25, 0.3) is 0 Å². The molecule has 0 fully saturated rings. The van der Waals surface area contributed by atoms with Crippen molar-refractivity contribution in [1.29, 1.82) is 0 Å². The zero-order valence-corrected chi connectivity index (χ0v) is 15.8. The van der Waals surface area contributed by atoms with Crippen LogP contribution in [0.3, 0.4) is 0 Å². The Morgan fingerprint density at radius 3 is 2.89 bits per heavy atom. The van der Waals surface area contributed by atoms with Crippen molar-refractivity contribution in [3.63, 3.8) is 0 Å². The van der Waals surface area contributed by atoms with Gasteiger partial charge >= 0.3 is 0 Å². The molecule has 5 rings (SSSR count). The molecule has 0 saturated carbocycles. The van der Waals surface area contributed by atoms with Gasteiger partial charge in [0.15, 0.2) is 0 Å². The number of hydrogen-bond donors (Lipinski definition) is 1. The van der Waals surface area contributed by atoms with Crippen molar-refractivity contribution >= 4 is 17.5 Å². The maximum Gasteiger partial charge on any atom is 0.246 e. The number of ether oxygens (including phenoxy) is 2. The highest BCUT2D eigenvalue weighted by Crippen LogP contribution is 2.53. The molecule has 28 heavy (non-hydrogen) atoms. The second-order valence-electron chi connectivity index (χ2n) is 7.51. The summed E-state index contributed by atoms with van der Waals surface area (Å²) in [5.41, 5.74) is 2.78. The normalized spacial score (nSPS) is 21.2. The molecule has 6 heteroatoms. The van der Waals surface area contributed by atoms with Crippen LogP contribution in [0, 0.1) is 0 Å². The molecule has 0 aromatic heterocycles. The second kappa shape index (κ2) is 6.26. The van der Waals surface area contributed by atoms with Gasteiger partial charge in [0.05, 0.1) is 6.61 Å². The molecule has 144 valence electrons. The summed E-state index contributed by atoms with van der Waals surface area (Å²) in [5, 5.41) is 2.86. The number of carbonyl (C=O) groups is 2. The fourth-order valence-electron chi connectivity index (χ4n) is 4.47. The van der Waals surface area contributed by atoms with E-state index in [0.717, 1.165) is 41.0 Å². The second-order valence-corrected chi connectivity index (χ2v) is 7.51. The smallest absolute Gasteiger partial charge is 0.246 e. The third-order valence-electron chi connectivity index (χ3n) is 5.83. The number of fused-ring (bicyclic) bond motifs is 5. The van der Waals surface area contributed by atoms with Crippen LogP contribution in [-0.2, 0) is 21.4 Å². The van der Waals surface area contributed by atoms with Crippen molar-refractivity contribution in [2.45, 2.75) is 25.2 Å². The van der Waals surface area contributed by atoms with Crippen molar-refractivity contribution in [2.75, 3.05) is 31.2 Å². The lowest BCUT2D eigenvalue weighted by Crippen LogP contribution is -2.46. The standard InChI is InChI=1S/C22H22N2O4/c1-2-8-23-20(25)12-24-17-6-4-3-5-15(17)22(21(24)26)13-28-19-11-18-14(7-9-27-18)10-16(19)22/h3-6,10-11H,2,7-9,12-13H2,1H3,(H,23,25). The summed E-state index contributed by atoms with van der Waals surface area (Å²) in [4.78, 5) is 27.7. The molecule has 0 radical (unpaired) electrons. The maximum atomic E-state index is 13.7. The van der Waals surface area contributed by atoms with Gasteiger partial charge in [-0.15, -0.1) is 0 Å². The van der Waals surface area contributed by atoms with Crippen LogP contribution in [0.4, 0.5) is 5.69 Å². The van der Waals surface area contributed by atoms with E-state index < -0.39 is 5.41 Å². The zero-order valence-electron chi connectivity index (χ0n) is 15.8. The Morgan fingerprint density at radius 1 is 1.18 bits per heavy atom. The van der Waals surface area contributed by atoms with E-state index >= 15 is 0 Å². The Hall–Kier alpha value is -3.02. The van der Waals surface area contributed by atoms with E-state index in [9.17, 15) is 9.59 Å². The number of nitrogens with zero attached hydrogens (tertiary/aromatic N) is 1. The van der Waals surface area contributed by atoms with Crippen LogP contribution in [0.5, 0.6) is 11.5 Å². The van der Waals surface area contributed by atoms with E-state index in [1.165, 1.54) is 0 Å². The quantitative estimate of drug-likeness (QED) is 0.886. The third-order valence-corrected chi connectivity index (χ3v) is 5.83. The SMILES string of the molecule is CCCNC(=O)CN1C(=O)C2(COc3cc4c(cc32)CCO4)c2ccccc21. The predicted molar refractivity (Wildman–Crippen MR) is 104 cm³/mol. The van der Waals surface area contributed by atoms with Gasteiger partial charge in [0.2, 0.25) is 11.8 Å². The van der Waals surface area contributed by atoms with Gasteiger partial charge in [-0.2, -0.15) is 0 Å². The van der Waals surface area contributed by atoms with Crippen LogP contribution in [0.2, 0.25) is 0 Å². The van der Waals surface area contributed by atoms with E-state index in [2.05, 4.69) is 11.4 Å². The first-order valence-electron chi connectivity index (χ1n) is 9.76. The average molecular weight is 378 g/mol. The lowest BCUT2D eigenvalue weighted by molar-refractivity contribution is -0.125. The van der Waals surface area contributed by atoms with Crippen molar-refractivity contribution in [3.05, 3.63) is 53.1 Å². The Morgan fingerprint density at radius 2 is 2.04 bits per heavy atom. The number of benzene rings is 2. The van der Waals surface area contributed by atoms with Gasteiger partial charge in [-0.3, -0.25) is 9.59 Å². The molecule has 3 aliphatic heterocycles. The molecule has 0 bridgehead atoms. The number of rotatable bonds is 4. The Bertz CT molecular complexity index is 986. The minimum Gasteiger partial charge on any atom is -0.493 e. The van der Waals surface area contributed by atoms with E-state index in [4.69, 9.17) is 9.47 Å². The van der Waals surface area contributed by atoms with Crippen molar-refractivity contribution < 1.29 is 19.1 Å². The average Bonchev–Trinajstić information content (AvgIpc) is 3.38. The van der Waals surface area contributed by atoms with Crippen molar-refractivity contribution in [3.8, 4) is 11.5 Å². The molecule has 3 heterocycles. The number of carbonyl (C=O) groups excluding carboxylic acids is 2. The summed E-state index contributed by atoms with van der Waals surface area (Å²) >= 11 is 0. The molecule has 0 saturated heterocycles. The molecule has 6 nitrogen and oxygen atoms in total. The number of hydrogen-bond acceptors (Lipinski definition) is 4. The Kier molecular flexibility index (Phi) is 3.82. The summed E-state index contributed by atoms with van der Waals surface area (Å²) in [6.45, 7) is 3.51. The maximum absolute atomic E-state index is 13.7. The summed E-state index contributed by atoms with van der Waals surface area (Å²) in [5.74, 6) is 1.29. The fourth-order valence-corrected chi connectivity index (χ4v) is 4.47. The molecule has 3 aliphatic rings. The van der Waals surface area contributed by atoms with Gasteiger partial charge in [0.25, 0.3) is 0 Å². The first-order chi connectivity index (χ1) is 13.6. The van der Waals surface area contributed by atoms with Crippen molar-refractivity contribution in [1.82, 2.24) is 5.32 Å². The van der Waals surface area contributed by atoms with Gasteiger partial charge in [-0.05, 0) is 29.7 Å². The van der Waals surface area contributed by atoms with Gasteiger partial charge in [0, 0.05) is 30.3 Å². The lowest BCUT2D eigenvalue weighted by Gasteiger charge is -2.23. The van der Waals surface area contributed by atoms with E-state index in [1.54, 1.807) is 4.90 Å². The Labute approximate surface area is 163 Å². The summed E-state index contributed by atoms with van der Waals surface area (Å²) < 4.78 is 11.6. The predicted octanol–water partition coefficient (Wildman–Crippen LogP) is 2.17. The van der Waals surface area contributed by atoms with Gasteiger partial charge in [-0.1, -0.05) is 25.1 Å². The van der Waals surface area contributed by atoms with Crippen LogP contribution in [-0.4, -0.2) is 38.1 Å². The van der Waals surface area contributed by atoms with Gasteiger partial charge in [-0.25, -0.2) is 0 Å². The molecule has 2 amide bonds. The molecule has 1 atom stereocenters. The van der Waals surface area contributed by atoms with E-state index in [1.807, 2.05) is 37.3 Å². The number of amides is 2. The first kappa shape index (κ1) is 17.1. The number of nitrogens with one attached hydrogen (secondary N) is 1.